The van der Waals surface area contributed by atoms with Crippen molar-refractivity contribution in [3.8, 4) is 0 Å². The summed E-state index contributed by atoms with van der Waals surface area (Å²) >= 11 is 0. The van der Waals surface area contributed by atoms with Crippen LogP contribution in [0.4, 0.5) is 10.1 Å². The maximum Gasteiger partial charge on any atom is 0.255 e. The highest BCUT2D eigenvalue weighted by molar-refractivity contribution is 7.89. The average Bonchev–Trinajstić information content (AvgIpc) is 2.65. The molecule has 0 atom stereocenters. The maximum absolute atomic E-state index is 13.6. The van der Waals surface area contributed by atoms with Gasteiger partial charge in [-0.05, 0) is 48.9 Å². The lowest BCUT2D eigenvalue weighted by Crippen LogP contribution is -2.49. The van der Waals surface area contributed by atoms with E-state index in [9.17, 15) is 22.4 Å². The minimum Gasteiger partial charge on any atom is -0.354 e. The van der Waals surface area contributed by atoms with Crippen molar-refractivity contribution in [3.05, 3.63) is 59.4 Å². The Morgan fingerprint density at radius 3 is 2.52 bits per heavy atom. The summed E-state index contributed by atoms with van der Waals surface area (Å²) in [5.41, 5.74) is 0.999. The Bertz CT molecular complexity index is 990. The van der Waals surface area contributed by atoms with E-state index in [0.29, 0.717) is 11.3 Å². The number of nitrogens with one attached hydrogen (secondary N) is 2. The highest BCUT2D eigenvalue weighted by Crippen LogP contribution is 2.19. The van der Waals surface area contributed by atoms with Crippen LogP contribution in [0.2, 0.25) is 0 Å². The van der Waals surface area contributed by atoms with E-state index in [2.05, 4.69) is 10.6 Å². The van der Waals surface area contributed by atoms with E-state index in [0.717, 1.165) is 4.31 Å². The van der Waals surface area contributed by atoms with Gasteiger partial charge in [-0.3, -0.25) is 9.59 Å². The van der Waals surface area contributed by atoms with E-state index >= 15 is 0 Å². The highest BCUT2D eigenvalue weighted by atomic mass is 32.2. The van der Waals surface area contributed by atoms with Crippen molar-refractivity contribution < 1.29 is 22.4 Å². The zero-order valence-electron chi connectivity index (χ0n) is 14.5. The van der Waals surface area contributed by atoms with Crippen molar-refractivity contribution in [1.29, 1.82) is 0 Å². The van der Waals surface area contributed by atoms with Gasteiger partial charge in [0.15, 0.2) is 0 Å². The van der Waals surface area contributed by atoms with Crippen LogP contribution in [0.15, 0.2) is 47.4 Å². The fourth-order valence-corrected chi connectivity index (χ4v) is 4.02. The first-order valence-electron chi connectivity index (χ1n) is 8.22. The van der Waals surface area contributed by atoms with Crippen LogP contribution in [-0.4, -0.2) is 44.2 Å². The predicted octanol–water partition coefficient (Wildman–Crippen LogP) is 1.51. The van der Waals surface area contributed by atoms with Crippen LogP contribution in [0.25, 0.3) is 0 Å². The fourth-order valence-electron chi connectivity index (χ4n) is 2.62. The second-order valence-corrected chi connectivity index (χ2v) is 8.07. The second kappa shape index (κ2) is 7.45. The van der Waals surface area contributed by atoms with Crippen LogP contribution >= 0.6 is 0 Å². The Morgan fingerprint density at radius 1 is 1.19 bits per heavy atom. The summed E-state index contributed by atoms with van der Waals surface area (Å²) in [6, 6.07) is 9.71. The Morgan fingerprint density at radius 2 is 1.89 bits per heavy atom. The Labute approximate surface area is 156 Å². The van der Waals surface area contributed by atoms with Gasteiger partial charge in [-0.15, -0.1) is 0 Å². The summed E-state index contributed by atoms with van der Waals surface area (Å²) in [5, 5.41) is 5.13. The van der Waals surface area contributed by atoms with Gasteiger partial charge in [0.1, 0.15) is 5.82 Å². The van der Waals surface area contributed by atoms with Crippen LogP contribution < -0.4 is 10.6 Å². The molecule has 142 valence electrons. The zero-order chi connectivity index (χ0) is 19.6. The van der Waals surface area contributed by atoms with Crippen LogP contribution in [0.1, 0.15) is 15.9 Å². The summed E-state index contributed by atoms with van der Waals surface area (Å²) < 4.78 is 39.8. The molecule has 7 nitrogen and oxygen atoms in total. The van der Waals surface area contributed by atoms with Crippen molar-refractivity contribution in [2.45, 2.75) is 11.8 Å². The molecule has 9 heteroatoms. The monoisotopic (exact) mass is 391 g/mol. The third kappa shape index (κ3) is 4.15. The molecule has 1 heterocycles. The van der Waals surface area contributed by atoms with Gasteiger partial charge in [0.25, 0.3) is 5.91 Å². The van der Waals surface area contributed by atoms with Gasteiger partial charge in [0, 0.05) is 24.3 Å². The van der Waals surface area contributed by atoms with Crippen LogP contribution in [0, 0.1) is 12.7 Å². The normalized spacial score (nSPS) is 15.3. The topological polar surface area (TPSA) is 95.6 Å². The maximum atomic E-state index is 13.6. The molecule has 3 rings (SSSR count). The molecule has 0 spiro atoms. The lowest BCUT2D eigenvalue weighted by Gasteiger charge is -2.25. The number of hydrogen-bond acceptors (Lipinski definition) is 4. The molecule has 2 aromatic carbocycles. The lowest BCUT2D eigenvalue weighted by molar-refractivity contribution is -0.122. The largest absolute Gasteiger partial charge is 0.354 e. The molecule has 1 aliphatic heterocycles. The molecular formula is C18H18FN3O4S. The number of hydrogen-bond donors (Lipinski definition) is 2. The smallest absolute Gasteiger partial charge is 0.255 e. The van der Waals surface area contributed by atoms with Crippen LogP contribution in [0.5, 0.6) is 0 Å². The number of benzene rings is 2. The Hall–Kier alpha value is -2.78. The third-order valence-corrected chi connectivity index (χ3v) is 6.05. The fraction of sp³-hybridized carbons (Fsp3) is 0.222. The molecule has 0 unspecified atom stereocenters. The lowest BCUT2D eigenvalue weighted by atomic mass is 10.2. The van der Waals surface area contributed by atoms with Crippen molar-refractivity contribution in [3.63, 3.8) is 0 Å². The number of halogens is 1. The molecule has 0 saturated carbocycles. The summed E-state index contributed by atoms with van der Waals surface area (Å²) in [4.78, 5) is 23.7. The third-order valence-electron chi connectivity index (χ3n) is 4.19. The number of piperazine rings is 1. The van der Waals surface area contributed by atoms with Gasteiger partial charge in [-0.1, -0.05) is 6.07 Å². The Kier molecular flexibility index (Phi) is 5.24. The molecule has 0 aliphatic carbocycles. The predicted molar refractivity (Wildman–Crippen MR) is 97.3 cm³/mol. The molecule has 0 radical (unpaired) electrons. The average molecular weight is 391 g/mol. The van der Waals surface area contributed by atoms with Gasteiger partial charge in [0.05, 0.1) is 11.4 Å². The van der Waals surface area contributed by atoms with E-state index in [1.807, 2.05) is 0 Å². The first kappa shape index (κ1) is 19.0. The second-order valence-electron chi connectivity index (χ2n) is 6.13. The number of amides is 2. The first-order chi connectivity index (χ1) is 12.8. The van der Waals surface area contributed by atoms with Crippen LogP contribution in [-0.2, 0) is 14.8 Å². The van der Waals surface area contributed by atoms with E-state index < -0.39 is 21.7 Å². The number of aryl methyl sites for hydroxylation is 1. The summed E-state index contributed by atoms with van der Waals surface area (Å²) in [7, 11) is -3.82. The van der Waals surface area contributed by atoms with E-state index in [1.165, 1.54) is 30.3 Å². The van der Waals surface area contributed by atoms with Crippen LogP contribution in [0.3, 0.4) is 0 Å². The van der Waals surface area contributed by atoms with Gasteiger partial charge in [-0.2, -0.15) is 4.31 Å². The molecular weight excluding hydrogens is 373 g/mol. The minimum absolute atomic E-state index is 0.00451. The SMILES string of the molecule is Cc1ccc(NC(=O)c2ccc(S(=O)(=O)N3CCNC(=O)C3)cc2)cc1F. The summed E-state index contributed by atoms with van der Waals surface area (Å²) in [5.74, 6) is -1.27. The number of carbonyl (C=O) groups excluding carboxylic acids is 2. The van der Waals surface area contributed by atoms with Crippen molar-refractivity contribution in [2.24, 2.45) is 0 Å². The molecule has 1 saturated heterocycles. The number of anilines is 1. The van der Waals surface area contributed by atoms with Crippen molar-refractivity contribution >= 4 is 27.5 Å². The highest BCUT2D eigenvalue weighted by Gasteiger charge is 2.29. The van der Waals surface area contributed by atoms with Gasteiger partial charge >= 0.3 is 0 Å². The van der Waals surface area contributed by atoms with Gasteiger partial charge < -0.3 is 10.6 Å². The first-order valence-corrected chi connectivity index (χ1v) is 9.66. The summed E-state index contributed by atoms with van der Waals surface area (Å²) in [6.07, 6.45) is 0. The van der Waals surface area contributed by atoms with Crippen molar-refractivity contribution in [2.75, 3.05) is 25.0 Å². The van der Waals surface area contributed by atoms with Gasteiger partial charge in [0.2, 0.25) is 15.9 Å². The quantitative estimate of drug-likeness (QED) is 0.826. The molecule has 2 aromatic rings. The standard InChI is InChI=1S/C18H18FN3O4S/c1-12-2-5-14(10-16(12)19)21-18(24)13-3-6-15(7-4-13)27(25,26)22-9-8-20-17(23)11-22/h2-7,10H,8-9,11H2,1H3,(H,20,23)(H,21,24). The molecule has 0 bridgehead atoms. The van der Waals surface area contributed by atoms with Gasteiger partial charge in [-0.25, -0.2) is 12.8 Å². The number of rotatable bonds is 4. The molecule has 1 aliphatic rings. The van der Waals surface area contributed by atoms with E-state index in [4.69, 9.17) is 0 Å². The number of nitrogens with zero attached hydrogens (tertiary/aromatic N) is 1. The van der Waals surface area contributed by atoms with Crippen molar-refractivity contribution in [1.82, 2.24) is 9.62 Å². The van der Waals surface area contributed by atoms with E-state index in [-0.39, 0.29) is 36.0 Å². The molecule has 2 N–H and O–H groups in total. The molecule has 2 amide bonds. The summed E-state index contributed by atoms with van der Waals surface area (Å²) in [6.45, 7) is 1.83. The Balaban J connectivity index is 1.75. The number of sulfonamides is 1. The zero-order valence-corrected chi connectivity index (χ0v) is 15.3. The number of carbonyl (C=O) groups is 2. The molecule has 0 aromatic heterocycles. The minimum atomic E-state index is -3.82. The molecule has 27 heavy (non-hydrogen) atoms. The molecule has 1 fully saturated rings. The van der Waals surface area contributed by atoms with E-state index in [1.54, 1.807) is 19.1 Å².